The number of nitrogens with zero attached hydrogens (tertiary/aromatic N) is 4. The fourth-order valence-electron chi connectivity index (χ4n) is 3.00. The lowest BCUT2D eigenvalue weighted by molar-refractivity contribution is -0.128. The van der Waals surface area contributed by atoms with E-state index in [2.05, 4.69) is 20.8 Å². The molecule has 1 aromatic heterocycles. The highest BCUT2D eigenvalue weighted by atomic mass is 16.2. The minimum atomic E-state index is -0.310. The molecule has 2 N–H and O–H groups in total. The predicted octanol–water partition coefficient (Wildman–Crippen LogP) is 0.976. The minimum absolute atomic E-state index is 0.0514. The Morgan fingerprint density at radius 1 is 1.36 bits per heavy atom. The lowest BCUT2D eigenvalue weighted by Crippen LogP contribution is -2.44. The Labute approximate surface area is 146 Å². The van der Waals surface area contributed by atoms with Gasteiger partial charge in [0, 0.05) is 26.6 Å². The second kappa shape index (κ2) is 7.33. The maximum Gasteiger partial charge on any atom is 0.315 e. The molecule has 1 aromatic carbocycles. The second-order valence-electron chi connectivity index (χ2n) is 6.30. The quantitative estimate of drug-likeness (QED) is 0.847. The number of amides is 3. The number of hydrogen-bond donors (Lipinski definition) is 2. The van der Waals surface area contributed by atoms with Gasteiger partial charge in [0.05, 0.1) is 12.1 Å². The van der Waals surface area contributed by atoms with Crippen molar-refractivity contribution >= 4 is 11.9 Å². The Morgan fingerprint density at radius 3 is 2.80 bits per heavy atom. The molecule has 0 radical (unpaired) electrons. The summed E-state index contributed by atoms with van der Waals surface area (Å²) in [7, 11) is 1.82. The van der Waals surface area contributed by atoms with Crippen molar-refractivity contribution in [3.05, 3.63) is 48.0 Å². The normalized spacial score (nSPS) is 18.2. The summed E-state index contributed by atoms with van der Waals surface area (Å²) >= 11 is 0. The third-order valence-corrected chi connectivity index (χ3v) is 4.25. The van der Waals surface area contributed by atoms with Gasteiger partial charge in [0.2, 0.25) is 5.91 Å². The van der Waals surface area contributed by atoms with Gasteiger partial charge < -0.3 is 20.1 Å². The molecule has 0 aliphatic carbocycles. The van der Waals surface area contributed by atoms with Crippen LogP contribution in [0.3, 0.4) is 0 Å². The molecule has 2 atom stereocenters. The van der Waals surface area contributed by atoms with E-state index in [4.69, 9.17) is 0 Å². The zero-order valence-corrected chi connectivity index (χ0v) is 14.3. The van der Waals surface area contributed by atoms with Crippen LogP contribution in [0.2, 0.25) is 0 Å². The smallest absolute Gasteiger partial charge is 0.315 e. The highest BCUT2D eigenvalue weighted by Crippen LogP contribution is 2.15. The number of aromatic nitrogens is 3. The van der Waals surface area contributed by atoms with Crippen LogP contribution >= 0.6 is 0 Å². The van der Waals surface area contributed by atoms with Gasteiger partial charge in [-0.25, -0.2) is 4.79 Å². The standard InChI is InChI=1S/C17H22N6O2/c1-12(16-21-18-11-22(16)2)19-17(25)20-14-8-15(24)23(10-14)9-13-6-4-3-5-7-13/h3-7,11-12,14H,8-10H2,1-2H3,(H2,19,20,25)/t12-,14+/m1/s1. The number of hydrogen-bond acceptors (Lipinski definition) is 4. The number of carbonyl (C=O) groups excluding carboxylic acids is 2. The van der Waals surface area contributed by atoms with Crippen molar-refractivity contribution in [2.75, 3.05) is 6.54 Å². The highest BCUT2D eigenvalue weighted by Gasteiger charge is 2.30. The van der Waals surface area contributed by atoms with Crippen LogP contribution in [0, 0.1) is 0 Å². The molecule has 1 fully saturated rings. The van der Waals surface area contributed by atoms with Gasteiger partial charge in [-0.05, 0) is 12.5 Å². The number of carbonyl (C=O) groups is 2. The first-order valence-corrected chi connectivity index (χ1v) is 8.25. The Bertz CT molecular complexity index is 745. The van der Waals surface area contributed by atoms with Gasteiger partial charge in [0.1, 0.15) is 6.33 Å². The molecule has 1 saturated heterocycles. The van der Waals surface area contributed by atoms with Gasteiger partial charge in [0.15, 0.2) is 5.82 Å². The van der Waals surface area contributed by atoms with Crippen molar-refractivity contribution in [3.8, 4) is 0 Å². The molecule has 0 spiro atoms. The third-order valence-electron chi connectivity index (χ3n) is 4.25. The molecule has 132 valence electrons. The van der Waals surface area contributed by atoms with Crippen molar-refractivity contribution in [2.45, 2.75) is 32.0 Å². The van der Waals surface area contributed by atoms with Gasteiger partial charge in [-0.3, -0.25) is 4.79 Å². The van der Waals surface area contributed by atoms with Crippen molar-refractivity contribution in [2.24, 2.45) is 7.05 Å². The molecule has 0 unspecified atom stereocenters. The zero-order chi connectivity index (χ0) is 17.8. The third kappa shape index (κ3) is 4.14. The van der Waals surface area contributed by atoms with E-state index < -0.39 is 0 Å². The van der Waals surface area contributed by atoms with Gasteiger partial charge in [-0.1, -0.05) is 30.3 Å². The molecule has 25 heavy (non-hydrogen) atoms. The lowest BCUT2D eigenvalue weighted by Gasteiger charge is -2.18. The van der Waals surface area contributed by atoms with Crippen LogP contribution in [-0.2, 0) is 18.4 Å². The fourth-order valence-corrected chi connectivity index (χ4v) is 3.00. The van der Waals surface area contributed by atoms with Crippen molar-refractivity contribution < 1.29 is 9.59 Å². The molecule has 1 aliphatic heterocycles. The van der Waals surface area contributed by atoms with Crippen LogP contribution in [0.25, 0.3) is 0 Å². The molecule has 1 aliphatic rings. The monoisotopic (exact) mass is 342 g/mol. The maximum absolute atomic E-state index is 12.2. The molecular formula is C17H22N6O2. The number of likely N-dealkylation sites (tertiary alicyclic amines) is 1. The summed E-state index contributed by atoms with van der Waals surface area (Å²) in [4.78, 5) is 26.1. The van der Waals surface area contributed by atoms with E-state index in [1.807, 2.05) is 44.3 Å². The first-order valence-electron chi connectivity index (χ1n) is 8.25. The SMILES string of the molecule is C[C@@H](NC(=O)N[C@H]1CC(=O)N(Cc2ccccc2)C1)c1nncn1C. The Hall–Kier alpha value is -2.90. The minimum Gasteiger partial charge on any atom is -0.336 e. The first kappa shape index (κ1) is 16.9. The van der Waals surface area contributed by atoms with Crippen molar-refractivity contribution in [1.82, 2.24) is 30.3 Å². The lowest BCUT2D eigenvalue weighted by atomic mass is 10.2. The van der Waals surface area contributed by atoms with Gasteiger partial charge in [0.25, 0.3) is 0 Å². The fraction of sp³-hybridized carbons (Fsp3) is 0.412. The molecule has 2 aromatic rings. The molecule has 0 saturated carbocycles. The summed E-state index contributed by atoms with van der Waals surface area (Å²) in [5.41, 5.74) is 1.08. The zero-order valence-electron chi connectivity index (χ0n) is 14.3. The van der Waals surface area contributed by atoms with Gasteiger partial charge >= 0.3 is 6.03 Å². The van der Waals surface area contributed by atoms with Gasteiger partial charge in [-0.2, -0.15) is 0 Å². The highest BCUT2D eigenvalue weighted by molar-refractivity contribution is 5.81. The summed E-state index contributed by atoms with van der Waals surface area (Å²) in [5, 5.41) is 13.5. The predicted molar refractivity (Wildman–Crippen MR) is 91.3 cm³/mol. The summed E-state index contributed by atoms with van der Waals surface area (Å²) in [6.07, 6.45) is 1.90. The van der Waals surface area contributed by atoms with Crippen molar-refractivity contribution in [1.29, 1.82) is 0 Å². The van der Waals surface area contributed by atoms with E-state index in [1.54, 1.807) is 15.8 Å². The van der Waals surface area contributed by atoms with Crippen molar-refractivity contribution in [3.63, 3.8) is 0 Å². The van der Waals surface area contributed by atoms with E-state index in [-0.39, 0.29) is 24.0 Å². The number of rotatable bonds is 5. The van der Waals surface area contributed by atoms with E-state index in [0.717, 1.165) is 5.56 Å². The average Bonchev–Trinajstić information content (AvgIpc) is 3.14. The second-order valence-corrected chi connectivity index (χ2v) is 6.30. The Kier molecular flexibility index (Phi) is 4.97. The molecular weight excluding hydrogens is 320 g/mol. The molecule has 8 nitrogen and oxygen atoms in total. The maximum atomic E-state index is 12.2. The van der Waals surface area contributed by atoms with E-state index in [0.29, 0.717) is 25.3 Å². The van der Waals surface area contributed by atoms with E-state index in [9.17, 15) is 9.59 Å². The Morgan fingerprint density at radius 2 is 2.12 bits per heavy atom. The number of benzene rings is 1. The molecule has 8 heteroatoms. The Balaban J connectivity index is 1.51. The number of nitrogens with one attached hydrogen (secondary N) is 2. The molecule has 3 rings (SSSR count). The van der Waals surface area contributed by atoms with Crippen LogP contribution < -0.4 is 10.6 Å². The molecule has 0 bridgehead atoms. The summed E-state index contributed by atoms with van der Waals surface area (Å²) in [6.45, 7) is 2.92. The van der Waals surface area contributed by atoms with Crippen LogP contribution in [-0.4, -0.2) is 44.2 Å². The topological polar surface area (TPSA) is 92.2 Å². The summed E-state index contributed by atoms with van der Waals surface area (Å²) in [6, 6.07) is 9.05. The van der Waals surface area contributed by atoms with Gasteiger partial charge in [-0.15, -0.1) is 10.2 Å². The number of urea groups is 1. The van der Waals surface area contributed by atoms with E-state index in [1.165, 1.54) is 0 Å². The van der Waals surface area contributed by atoms with Crippen LogP contribution in [0.4, 0.5) is 4.79 Å². The molecule has 3 amide bonds. The van der Waals surface area contributed by atoms with E-state index >= 15 is 0 Å². The largest absolute Gasteiger partial charge is 0.336 e. The van der Waals surface area contributed by atoms with Crippen LogP contribution in [0.15, 0.2) is 36.7 Å². The first-order chi connectivity index (χ1) is 12.0. The average molecular weight is 342 g/mol. The van der Waals surface area contributed by atoms with Crippen LogP contribution in [0.1, 0.15) is 30.8 Å². The number of aryl methyl sites for hydroxylation is 1. The van der Waals surface area contributed by atoms with Crippen LogP contribution in [0.5, 0.6) is 0 Å². The summed E-state index contributed by atoms with van der Waals surface area (Å²) < 4.78 is 1.76. The molecule has 2 heterocycles. The summed E-state index contributed by atoms with van der Waals surface area (Å²) in [5.74, 6) is 0.721.